The molecule has 0 spiro atoms. The number of nitrogens with two attached hydrogens (primary N) is 1. The van der Waals surface area contributed by atoms with Crippen LogP contribution in [0.5, 0.6) is 0 Å². The van der Waals surface area contributed by atoms with E-state index in [9.17, 15) is 4.79 Å². The normalized spacial score (nSPS) is 19.4. The van der Waals surface area contributed by atoms with Gasteiger partial charge in [-0.15, -0.1) is 0 Å². The van der Waals surface area contributed by atoms with Gasteiger partial charge in [-0.05, 0) is 32.7 Å². The van der Waals surface area contributed by atoms with E-state index in [2.05, 4.69) is 27.4 Å². The molecule has 6 nitrogen and oxygen atoms in total. The maximum Gasteiger partial charge on any atom is 0.265 e. The Labute approximate surface area is 130 Å². The third-order valence-corrected chi connectivity index (χ3v) is 5.01. The predicted molar refractivity (Wildman–Crippen MR) is 87.9 cm³/mol. The van der Waals surface area contributed by atoms with Crippen LogP contribution < -0.4 is 16.4 Å². The molecule has 4 N–H and O–H groups in total. The molecule has 0 aromatic carbocycles. The lowest BCUT2D eigenvalue weighted by Gasteiger charge is -2.33. The Kier molecular flexibility index (Phi) is 5.81. The minimum atomic E-state index is -0.127. The molecule has 1 aliphatic heterocycles. The Morgan fingerprint density at radius 1 is 1.52 bits per heavy atom. The van der Waals surface area contributed by atoms with Crippen molar-refractivity contribution in [1.29, 1.82) is 0 Å². The van der Waals surface area contributed by atoms with Crippen molar-refractivity contribution in [3.63, 3.8) is 0 Å². The Morgan fingerprint density at radius 3 is 3.00 bits per heavy atom. The van der Waals surface area contributed by atoms with Crippen molar-refractivity contribution in [2.45, 2.75) is 38.6 Å². The smallest absolute Gasteiger partial charge is 0.265 e. The average molecular weight is 311 g/mol. The van der Waals surface area contributed by atoms with Crippen LogP contribution in [0, 0.1) is 0 Å². The maximum atomic E-state index is 12.0. The SMILES string of the molecule is CNc1nc(N)c(C(=O)NCCCN2CCCCC2C)s1. The highest BCUT2D eigenvalue weighted by Gasteiger charge is 2.18. The third-order valence-electron chi connectivity index (χ3n) is 3.92. The number of likely N-dealkylation sites (tertiary alicyclic amines) is 1. The number of amides is 1. The molecule has 118 valence electrons. The van der Waals surface area contributed by atoms with Gasteiger partial charge in [-0.2, -0.15) is 0 Å². The fourth-order valence-electron chi connectivity index (χ4n) is 2.66. The molecule has 1 amide bonds. The molecule has 1 aromatic heterocycles. The number of thiazole rings is 1. The quantitative estimate of drug-likeness (QED) is 0.697. The van der Waals surface area contributed by atoms with Crippen LogP contribution in [0.4, 0.5) is 10.9 Å². The van der Waals surface area contributed by atoms with Gasteiger partial charge >= 0.3 is 0 Å². The number of anilines is 2. The number of nitrogens with zero attached hydrogens (tertiary/aromatic N) is 2. The Bertz CT molecular complexity index is 476. The molecule has 7 heteroatoms. The van der Waals surface area contributed by atoms with Gasteiger partial charge in [0.1, 0.15) is 10.7 Å². The first-order chi connectivity index (χ1) is 10.1. The van der Waals surface area contributed by atoms with Crippen molar-refractivity contribution >= 4 is 28.2 Å². The van der Waals surface area contributed by atoms with Crippen LogP contribution in [-0.2, 0) is 0 Å². The van der Waals surface area contributed by atoms with E-state index >= 15 is 0 Å². The number of rotatable bonds is 6. The van der Waals surface area contributed by atoms with Crippen molar-refractivity contribution in [2.24, 2.45) is 0 Å². The Hall–Kier alpha value is -1.34. The number of nitrogen functional groups attached to an aromatic ring is 1. The Balaban J connectivity index is 1.72. The summed E-state index contributed by atoms with van der Waals surface area (Å²) in [7, 11) is 1.76. The summed E-state index contributed by atoms with van der Waals surface area (Å²) in [4.78, 5) is 19.1. The number of carbonyl (C=O) groups excluding carboxylic acids is 1. The van der Waals surface area contributed by atoms with E-state index in [1.807, 2.05) is 0 Å². The predicted octanol–water partition coefficient (Wildman–Crippen LogP) is 1.76. The van der Waals surface area contributed by atoms with Gasteiger partial charge in [0.2, 0.25) is 0 Å². The van der Waals surface area contributed by atoms with Crippen molar-refractivity contribution in [2.75, 3.05) is 37.7 Å². The van der Waals surface area contributed by atoms with Crippen molar-refractivity contribution < 1.29 is 4.79 Å². The summed E-state index contributed by atoms with van der Waals surface area (Å²) in [5.74, 6) is 0.171. The molecule has 1 saturated heterocycles. The molecule has 0 radical (unpaired) electrons. The lowest BCUT2D eigenvalue weighted by molar-refractivity contribution is 0.0953. The fraction of sp³-hybridized carbons (Fsp3) is 0.714. The topological polar surface area (TPSA) is 83.3 Å². The number of hydrogen-bond acceptors (Lipinski definition) is 6. The molecule has 0 bridgehead atoms. The second kappa shape index (κ2) is 7.61. The fourth-order valence-corrected chi connectivity index (χ4v) is 3.41. The second-order valence-corrected chi connectivity index (χ2v) is 6.47. The molecular formula is C14H25N5OS. The van der Waals surface area contributed by atoms with Crippen LogP contribution in [0.1, 0.15) is 42.3 Å². The zero-order valence-corrected chi connectivity index (χ0v) is 13.6. The standard InChI is InChI=1S/C14H25N5OS/c1-10-6-3-4-8-19(10)9-5-7-17-13(20)11-12(15)18-14(16-2)21-11/h10H,3-9,15H2,1-2H3,(H,16,18)(H,17,20). The number of nitrogens with one attached hydrogen (secondary N) is 2. The van der Waals surface area contributed by atoms with Crippen molar-refractivity contribution in [1.82, 2.24) is 15.2 Å². The zero-order chi connectivity index (χ0) is 15.2. The van der Waals surface area contributed by atoms with E-state index in [-0.39, 0.29) is 5.91 Å². The molecule has 0 saturated carbocycles. The van der Waals surface area contributed by atoms with Crippen molar-refractivity contribution in [3.8, 4) is 0 Å². The zero-order valence-electron chi connectivity index (χ0n) is 12.8. The summed E-state index contributed by atoms with van der Waals surface area (Å²) in [5.41, 5.74) is 5.75. The highest BCUT2D eigenvalue weighted by atomic mass is 32.1. The minimum absolute atomic E-state index is 0.127. The molecule has 21 heavy (non-hydrogen) atoms. The van der Waals surface area contributed by atoms with E-state index < -0.39 is 0 Å². The first-order valence-electron chi connectivity index (χ1n) is 7.58. The van der Waals surface area contributed by atoms with Gasteiger partial charge in [-0.25, -0.2) is 4.98 Å². The van der Waals surface area contributed by atoms with Crippen LogP contribution in [0.3, 0.4) is 0 Å². The van der Waals surface area contributed by atoms with Gasteiger partial charge in [0.25, 0.3) is 5.91 Å². The van der Waals surface area contributed by atoms with Crippen LogP contribution in [-0.4, -0.2) is 48.5 Å². The molecule has 1 aromatic rings. The lowest BCUT2D eigenvalue weighted by atomic mass is 10.0. The summed E-state index contributed by atoms with van der Waals surface area (Å²) in [6.07, 6.45) is 4.89. The molecule has 1 fully saturated rings. The summed E-state index contributed by atoms with van der Waals surface area (Å²) < 4.78 is 0. The summed E-state index contributed by atoms with van der Waals surface area (Å²) in [6, 6.07) is 0.671. The molecule has 2 heterocycles. The van der Waals surface area contributed by atoms with Crippen LogP contribution in [0.2, 0.25) is 0 Å². The lowest BCUT2D eigenvalue weighted by Crippen LogP contribution is -2.39. The van der Waals surface area contributed by atoms with Crippen LogP contribution in [0.15, 0.2) is 0 Å². The highest BCUT2D eigenvalue weighted by molar-refractivity contribution is 7.18. The van der Waals surface area contributed by atoms with E-state index in [4.69, 9.17) is 5.73 Å². The number of carbonyl (C=O) groups is 1. The second-order valence-electron chi connectivity index (χ2n) is 5.47. The van der Waals surface area contributed by atoms with E-state index in [0.29, 0.717) is 28.4 Å². The van der Waals surface area contributed by atoms with E-state index in [1.165, 1.54) is 37.1 Å². The maximum absolute atomic E-state index is 12.0. The number of piperidine rings is 1. The molecule has 1 aliphatic rings. The van der Waals surface area contributed by atoms with Gasteiger partial charge < -0.3 is 21.3 Å². The number of aromatic nitrogens is 1. The van der Waals surface area contributed by atoms with Crippen molar-refractivity contribution in [3.05, 3.63) is 4.88 Å². The Morgan fingerprint density at radius 2 is 2.33 bits per heavy atom. The molecule has 2 rings (SSSR count). The highest BCUT2D eigenvalue weighted by Crippen LogP contribution is 2.24. The van der Waals surface area contributed by atoms with Crippen LogP contribution >= 0.6 is 11.3 Å². The summed E-state index contributed by atoms with van der Waals surface area (Å²) in [5, 5.41) is 6.49. The summed E-state index contributed by atoms with van der Waals surface area (Å²) in [6.45, 7) is 5.19. The monoisotopic (exact) mass is 311 g/mol. The number of hydrogen-bond donors (Lipinski definition) is 3. The first-order valence-corrected chi connectivity index (χ1v) is 8.39. The summed E-state index contributed by atoms with van der Waals surface area (Å²) >= 11 is 1.28. The molecule has 1 atom stereocenters. The van der Waals surface area contributed by atoms with Gasteiger partial charge in [0.15, 0.2) is 5.13 Å². The van der Waals surface area contributed by atoms with Gasteiger partial charge in [-0.1, -0.05) is 17.8 Å². The van der Waals surface area contributed by atoms with Gasteiger partial charge in [0.05, 0.1) is 0 Å². The van der Waals surface area contributed by atoms with E-state index in [1.54, 1.807) is 7.05 Å². The third kappa shape index (κ3) is 4.31. The molecular weight excluding hydrogens is 286 g/mol. The minimum Gasteiger partial charge on any atom is -0.382 e. The molecule has 0 aliphatic carbocycles. The van der Waals surface area contributed by atoms with E-state index in [0.717, 1.165) is 13.0 Å². The largest absolute Gasteiger partial charge is 0.382 e. The van der Waals surface area contributed by atoms with Gasteiger partial charge in [0, 0.05) is 26.2 Å². The molecule has 1 unspecified atom stereocenters. The first kappa shape index (κ1) is 16.0. The van der Waals surface area contributed by atoms with Crippen LogP contribution in [0.25, 0.3) is 0 Å². The average Bonchev–Trinajstić information content (AvgIpc) is 2.86. The van der Waals surface area contributed by atoms with Gasteiger partial charge in [-0.3, -0.25) is 4.79 Å².